The SMILES string of the molecule is CC(Nc1nc2c(cc1C#N)CCC2)c1nn[nH]n1. The highest BCUT2D eigenvalue weighted by molar-refractivity contribution is 5.55. The number of aromatic amines is 1. The Labute approximate surface area is 110 Å². The second-order valence-corrected chi connectivity index (χ2v) is 4.59. The Balaban J connectivity index is 1.90. The predicted octanol–water partition coefficient (Wildman–Crippen LogP) is 1.13. The van der Waals surface area contributed by atoms with Gasteiger partial charge in [-0.25, -0.2) is 4.98 Å². The topological polar surface area (TPSA) is 103 Å². The molecule has 0 aliphatic heterocycles. The van der Waals surface area contributed by atoms with E-state index in [0.717, 1.165) is 25.0 Å². The van der Waals surface area contributed by atoms with Crippen LogP contribution in [0.15, 0.2) is 6.07 Å². The number of aryl methyl sites for hydroxylation is 2. The molecule has 2 N–H and O–H groups in total. The highest BCUT2D eigenvalue weighted by atomic mass is 15.5. The summed E-state index contributed by atoms with van der Waals surface area (Å²) in [6.07, 6.45) is 3.10. The van der Waals surface area contributed by atoms with Crippen LogP contribution >= 0.6 is 0 Å². The summed E-state index contributed by atoms with van der Waals surface area (Å²) in [6, 6.07) is 3.96. The first-order valence-electron chi connectivity index (χ1n) is 6.20. The van der Waals surface area contributed by atoms with Crippen LogP contribution in [0.4, 0.5) is 5.82 Å². The zero-order chi connectivity index (χ0) is 13.2. The molecule has 7 nitrogen and oxygen atoms in total. The molecule has 0 fully saturated rings. The molecule has 96 valence electrons. The summed E-state index contributed by atoms with van der Waals surface area (Å²) in [5.41, 5.74) is 2.84. The molecule has 0 spiro atoms. The quantitative estimate of drug-likeness (QED) is 0.852. The van der Waals surface area contributed by atoms with Gasteiger partial charge in [0.05, 0.1) is 11.6 Å². The third kappa shape index (κ3) is 2.12. The summed E-state index contributed by atoms with van der Waals surface area (Å²) in [5, 5.41) is 26.2. The van der Waals surface area contributed by atoms with Gasteiger partial charge in [0.1, 0.15) is 11.9 Å². The Morgan fingerprint density at radius 3 is 3.11 bits per heavy atom. The molecule has 0 radical (unpaired) electrons. The number of nitrogens with zero attached hydrogens (tertiary/aromatic N) is 5. The zero-order valence-electron chi connectivity index (χ0n) is 10.5. The van der Waals surface area contributed by atoms with E-state index >= 15 is 0 Å². The molecule has 0 aromatic carbocycles. The van der Waals surface area contributed by atoms with E-state index in [1.54, 1.807) is 0 Å². The molecule has 0 saturated heterocycles. The summed E-state index contributed by atoms with van der Waals surface area (Å²) in [7, 11) is 0. The van der Waals surface area contributed by atoms with Gasteiger partial charge in [0.15, 0.2) is 5.82 Å². The van der Waals surface area contributed by atoms with Crippen molar-refractivity contribution in [3.8, 4) is 6.07 Å². The average molecular weight is 255 g/mol. The van der Waals surface area contributed by atoms with Crippen molar-refractivity contribution in [2.45, 2.75) is 32.2 Å². The number of aromatic nitrogens is 5. The highest BCUT2D eigenvalue weighted by Crippen LogP contribution is 2.26. The van der Waals surface area contributed by atoms with Gasteiger partial charge in [-0.1, -0.05) is 5.21 Å². The molecule has 2 heterocycles. The van der Waals surface area contributed by atoms with Crippen LogP contribution in [0, 0.1) is 11.3 Å². The summed E-state index contributed by atoms with van der Waals surface area (Å²) in [4.78, 5) is 4.55. The van der Waals surface area contributed by atoms with Gasteiger partial charge in [-0.05, 0) is 37.8 Å². The van der Waals surface area contributed by atoms with Gasteiger partial charge >= 0.3 is 0 Å². The van der Waals surface area contributed by atoms with Crippen LogP contribution in [0.2, 0.25) is 0 Å². The first-order valence-corrected chi connectivity index (χ1v) is 6.20. The van der Waals surface area contributed by atoms with Crippen LogP contribution < -0.4 is 5.32 Å². The van der Waals surface area contributed by atoms with Crippen molar-refractivity contribution in [2.75, 3.05) is 5.32 Å². The number of fused-ring (bicyclic) bond motifs is 1. The molecular weight excluding hydrogens is 242 g/mol. The normalized spacial score (nSPS) is 14.7. The number of hydrogen-bond acceptors (Lipinski definition) is 6. The van der Waals surface area contributed by atoms with Crippen molar-refractivity contribution >= 4 is 5.82 Å². The fraction of sp³-hybridized carbons (Fsp3) is 0.417. The van der Waals surface area contributed by atoms with Gasteiger partial charge < -0.3 is 5.32 Å². The van der Waals surface area contributed by atoms with E-state index in [4.69, 9.17) is 0 Å². The molecule has 1 atom stereocenters. The Kier molecular flexibility index (Phi) is 2.83. The molecule has 1 aliphatic carbocycles. The van der Waals surface area contributed by atoms with Gasteiger partial charge in [-0.2, -0.15) is 10.5 Å². The van der Waals surface area contributed by atoms with Crippen LogP contribution in [0.5, 0.6) is 0 Å². The molecule has 3 rings (SSSR count). The van der Waals surface area contributed by atoms with E-state index in [-0.39, 0.29) is 6.04 Å². The Hall–Kier alpha value is -2.49. The molecule has 2 aromatic rings. The van der Waals surface area contributed by atoms with Crippen LogP contribution in [0.1, 0.15) is 42.0 Å². The fourth-order valence-corrected chi connectivity index (χ4v) is 2.29. The van der Waals surface area contributed by atoms with Crippen molar-refractivity contribution in [1.29, 1.82) is 5.26 Å². The lowest BCUT2D eigenvalue weighted by Crippen LogP contribution is -2.12. The zero-order valence-corrected chi connectivity index (χ0v) is 10.5. The second kappa shape index (κ2) is 4.65. The summed E-state index contributed by atoms with van der Waals surface area (Å²) < 4.78 is 0. The molecule has 0 bridgehead atoms. The Morgan fingerprint density at radius 1 is 1.47 bits per heavy atom. The van der Waals surface area contributed by atoms with Crippen LogP contribution in [-0.4, -0.2) is 25.6 Å². The fourth-order valence-electron chi connectivity index (χ4n) is 2.29. The minimum atomic E-state index is -0.155. The molecule has 2 aromatic heterocycles. The van der Waals surface area contributed by atoms with E-state index in [2.05, 4.69) is 37.0 Å². The molecule has 1 aliphatic rings. The summed E-state index contributed by atoms with van der Waals surface area (Å²) >= 11 is 0. The van der Waals surface area contributed by atoms with Crippen LogP contribution in [0.25, 0.3) is 0 Å². The van der Waals surface area contributed by atoms with E-state index in [9.17, 15) is 5.26 Å². The summed E-state index contributed by atoms with van der Waals surface area (Å²) in [5.74, 6) is 1.15. The van der Waals surface area contributed by atoms with E-state index in [1.165, 1.54) is 5.56 Å². The Bertz CT molecular complexity index is 626. The minimum Gasteiger partial charge on any atom is -0.359 e. The first-order chi connectivity index (χ1) is 9.28. The number of hydrogen-bond donors (Lipinski definition) is 2. The maximum atomic E-state index is 9.21. The molecule has 1 unspecified atom stereocenters. The van der Waals surface area contributed by atoms with E-state index in [0.29, 0.717) is 17.2 Å². The van der Waals surface area contributed by atoms with Crippen molar-refractivity contribution in [3.05, 3.63) is 28.7 Å². The largest absolute Gasteiger partial charge is 0.359 e. The highest BCUT2D eigenvalue weighted by Gasteiger charge is 2.18. The number of pyridine rings is 1. The minimum absolute atomic E-state index is 0.155. The number of nitriles is 1. The smallest absolute Gasteiger partial charge is 0.196 e. The molecular formula is C12H13N7. The number of tetrazole rings is 1. The van der Waals surface area contributed by atoms with Gasteiger partial charge in [-0.15, -0.1) is 10.2 Å². The molecule has 19 heavy (non-hydrogen) atoms. The van der Waals surface area contributed by atoms with Crippen LogP contribution in [0.3, 0.4) is 0 Å². The van der Waals surface area contributed by atoms with Crippen molar-refractivity contribution in [1.82, 2.24) is 25.6 Å². The van der Waals surface area contributed by atoms with Crippen molar-refractivity contribution in [3.63, 3.8) is 0 Å². The summed E-state index contributed by atoms with van der Waals surface area (Å²) in [6.45, 7) is 1.90. The average Bonchev–Trinajstić information content (AvgIpc) is 3.08. The van der Waals surface area contributed by atoms with Gasteiger partial charge in [0, 0.05) is 5.69 Å². The van der Waals surface area contributed by atoms with Crippen molar-refractivity contribution in [2.24, 2.45) is 0 Å². The van der Waals surface area contributed by atoms with Crippen molar-refractivity contribution < 1.29 is 0 Å². The maximum absolute atomic E-state index is 9.21. The Morgan fingerprint density at radius 2 is 2.37 bits per heavy atom. The maximum Gasteiger partial charge on any atom is 0.196 e. The number of H-pyrrole nitrogens is 1. The standard InChI is InChI=1S/C12H13N7/c1-7(11-16-18-19-17-11)14-12-9(6-13)5-8-3-2-4-10(8)15-12/h5,7H,2-4H2,1H3,(H,14,15)(H,16,17,18,19). The number of rotatable bonds is 3. The number of anilines is 1. The van der Waals surface area contributed by atoms with Gasteiger partial charge in [0.25, 0.3) is 0 Å². The lowest BCUT2D eigenvalue weighted by Gasteiger charge is -2.13. The third-order valence-electron chi connectivity index (χ3n) is 3.27. The number of nitrogens with one attached hydrogen (secondary N) is 2. The van der Waals surface area contributed by atoms with Gasteiger partial charge in [-0.3, -0.25) is 0 Å². The van der Waals surface area contributed by atoms with Gasteiger partial charge in [0.2, 0.25) is 0 Å². The lowest BCUT2D eigenvalue weighted by molar-refractivity contribution is 0.785. The van der Waals surface area contributed by atoms with E-state index in [1.807, 2.05) is 13.0 Å². The first kappa shape index (κ1) is 11.6. The predicted molar refractivity (Wildman–Crippen MR) is 67.2 cm³/mol. The monoisotopic (exact) mass is 255 g/mol. The third-order valence-corrected chi connectivity index (χ3v) is 3.27. The van der Waals surface area contributed by atoms with E-state index < -0.39 is 0 Å². The molecule has 7 heteroatoms. The molecule has 0 amide bonds. The second-order valence-electron chi connectivity index (χ2n) is 4.59. The lowest BCUT2D eigenvalue weighted by atomic mass is 10.1. The molecule has 0 saturated carbocycles. The van der Waals surface area contributed by atoms with Crippen LogP contribution in [-0.2, 0) is 12.8 Å².